The van der Waals surface area contributed by atoms with Gasteiger partial charge in [0.2, 0.25) is 5.91 Å². The van der Waals surface area contributed by atoms with Crippen LogP contribution in [0.5, 0.6) is 0 Å². The van der Waals surface area contributed by atoms with E-state index >= 15 is 0 Å². The van der Waals surface area contributed by atoms with Gasteiger partial charge in [-0.15, -0.1) is 0 Å². The maximum Gasteiger partial charge on any atom is 0.298 e. The molecule has 2 aromatic rings. The molecule has 0 radical (unpaired) electrons. The summed E-state index contributed by atoms with van der Waals surface area (Å²) >= 11 is 7.93. The number of thioether (sulfide) groups is 1. The zero-order valence-electron chi connectivity index (χ0n) is 13.4. The molecular formula is C17H20ClN3O2S. The standard InChI is InChI=1S/C17H20ClN3O2S/c18-13-1-2-15-14(11-13)19-17(23-15)21-5-3-12(4-6-21)16(22)20-7-9-24-10-8-20/h1-2,11-12H,3-10H2. The van der Waals surface area contributed by atoms with Gasteiger partial charge in [-0.05, 0) is 31.0 Å². The van der Waals surface area contributed by atoms with Gasteiger partial charge in [0, 0.05) is 48.6 Å². The molecule has 0 bridgehead atoms. The quantitative estimate of drug-likeness (QED) is 0.817. The number of hydrogen-bond donors (Lipinski definition) is 0. The normalized spacial score (nSPS) is 19.9. The Morgan fingerprint density at radius 1 is 1.21 bits per heavy atom. The van der Waals surface area contributed by atoms with Crippen LogP contribution in [-0.4, -0.2) is 53.5 Å². The van der Waals surface area contributed by atoms with E-state index in [1.54, 1.807) is 6.07 Å². The van der Waals surface area contributed by atoms with Crippen molar-refractivity contribution >= 4 is 46.4 Å². The molecule has 2 aliphatic rings. The maximum absolute atomic E-state index is 12.6. The number of aromatic nitrogens is 1. The van der Waals surface area contributed by atoms with E-state index in [9.17, 15) is 4.79 Å². The Morgan fingerprint density at radius 3 is 2.71 bits per heavy atom. The van der Waals surface area contributed by atoms with Crippen molar-refractivity contribution in [1.29, 1.82) is 0 Å². The van der Waals surface area contributed by atoms with Crippen LogP contribution >= 0.6 is 23.4 Å². The molecule has 1 amide bonds. The van der Waals surface area contributed by atoms with Gasteiger partial charge < -0.3 is 14.2 Å². The summed E-state index contributed by atoms with van der Waals surface area (Å²) in [5, 5.41) is 0.659. The number of carbonyl (C=O) groups excluding carboxylic acids is 1. The lowest BCUT2D eigenvalue weighted by atomic mass is 9.95. The van der Waals surface area contributed by atoms with Crippen LogP contribution in [0.1, 0.15) is 12.8 Å². The maximum atomic E-state index is 12.6. The molecule has 4 rings (SSSR count). The Bertz CT molecular complexity index is 737. The molecule has 2 aliphatic heterocycles. The fraction of sp³-hybridized carbons (Fsp3) is 0.529. The van der Waals surface area contributed by atoms with Crippen molar-refractivity contribution in [2.75, 3.05) is 42.6 Å². The molecular weight excluding hydrogens is 346 g/mol. The molecule has 0 saturated carbocycles. The molecule has 3 heterocycles. The third-order valence-electron chi connectivity index (χ3n) is 4.78. The molecule has 0 spiro atoms. The van der Waals surface area contributed by atoms with Crippen LogP contribution in [-0.2, 0) is 4.79 Å². The van der Waals surface area contributed by atoms with E-state index in [1.165, 1.54) is 0 Å². The molecule has 1 aromatic heterocycles. The zero-order chi connectivity index (χ0) is 16.5. The molecule has 24 heavy (non-hydrogen) atoms. The summed E-state index contributed by atoms with van der Waals surface area (Å²) < 4.78 is 5.83. The van der Waals surface area contributed by atoms with Crippen LogP contribution in [0.15, 0.2) is 22.6 Å². The van der Waals surface area contributed by atoms with Gasteiger partial charge in [0.1, 0.15) is 5.52 Å². The summed E-state index contributed by atoms with van der Waals surface area (Å²) in [7, 11) is 0. The highest BCUT2D eigenvalue weighted by molar-refractivity contribution is 7.99. The average molecular weight is 366 g/mol. The fourth-order valence-corrected chi connectivity index (χ4v) is 4.45. The molecule has 0 aliphatic carbocycles. The van der Waals surface area contributed by atoms with Gasteiger partial charge in [0.25, 0.3) is 6.01 Å². The van der Waals surface area contributed by atoms with Gasteiger partial charge in [-0.3, -0.25) is 4.79 Å². The van der Waals surface area contributed by atoms with Crippen molar-refractivity contribution in [2.45, 2.75) is 12.8 Å². The van der Waals surface area contributed by atoms with Crippen molar-refractivity contribution in [3.05, 3.63) is 23.2 Å². The molecule has 1 aromatic carbocycles. The van der Waals surface area contributed by atoms with Crippen LogP contribution in [0.25, 0.3) is 11.1 Å². The van der Waals surface area contributed by atoms with Crippen LogP contribution in [0.4, 0.5) is 6.01 Å². The molecule has 2 fully saturated rings. The van der Waals surface area contributed by atoms with Gasteiger partial charge in [-0.25, -0.2) is 0 Å². The van der Waals surface area contributed by atoms with Crippen molar-refractivity contribution in [3.8, 4) is 0 Å². The first kappa shape index (κ1) is 16.1. The predicted molar refractivity (Wildman–Crippen MR) is 97.9 cm³/mol. The second-order valence-corrected chi connectivity index (χ2v) is 7.97. The predicted octanol–water partition coefficient (Wildman–Crippen LogP) is 3.27. The number of halogens is 1. The van der Waals surface area contributed by atoms with Gasteiger partial charge >= 0.3 is 0 Å². The number of benzene rings is 1. The highest BCUT2D eigenvalue weighted by Crippen LogP contribution is 2.28. The number of carbonyl (C=O) groups is 1. The molecule has 5 nitrogen and oxygen atoms in total. The van der Waals surface area contributed by atoms with Crippen molar-refractivity contribution in [2.24, 2.45) is 5.92 Å². The van der Waals surface area contributed by atoms with Gasteiger partial charge in [0.05, 0.1) is 0 Å². The number of oxazole rings is 1. The number of rotatable bonds is 2. The first-order valence-corrected chi connectivity index (χ1v) is 9.91. The van der Waals surface area contributed by atoms with Gasteiger partial charge in [-0.1, -0.05) is 11.6 Å². The summed E-state index contributed by atoms with van der Waals surface area (Å²) in [6.07, 6.45) is 1.73. The molecule has 0 atom stereocenters. The fourth-order valence-electron chi connectivity index (χ4n) is 3.38. The van der Waals surface area contributed by atoms with E-state index in [-0.39, 0.29) is 5.92 Å². The Morgan fingerprint density at radius 2 is 1.96 bits per heavy atom. The molecule has 0 unspecified atom stereocenters. The Kier molecular flexibility index (Phi) is 4.59. The minimum atomic E-state index is 0.142. The first-order valence-electron chi connectivity index (χ1n) is 8.38. The lowest BCUT2D eigenvalue weighted by Crippen LogP contribution is -2.45. The summed E-state index contributed by atoms with van der Waals surface area (Å²) in [4.78, 5) is 21.3. The molecule has 2 saturated heterocycles. The van der Waals surface area contributed by atoms with E-state index in [0.717, 1.165) is 61.6 Å². The van der Waals surface area contributed by atoms with E-state index in [0.29, 0.717) is 16.9 Å². The van der Waals surface area contributed by atoms with Crippen molar-refractivity contribution in [3.63, 3.8) is 0 Å². The summed E-state index contributed by atoms with van der Waals surface area (Å²) in [5.74, 6) is 2.61. The Hall–Kier alpha value is -1.40. The Balaban J connectivity index is 1.40. The number of piperidine rings is 1. The van der Waals surface area contributed by atoms with Gasteiger partial charge in [-0.2, -0.15) is 16.7 Å². The van der Waals surface area contributed by atoms with Crippen LogP contribution < -0.4 is 4.90 Å². The Labute approximate surface area is 150 Å². The third kappa shape index (κ3) is 3.22. The number of amides is 1. The first-order chi connectivity index (χ1) is 11.7. The minimum Gasteiger partial charge on any atom is -0.423 e. The second kappa shape index (κ2) is 6.84. The zero-order valence-corrected chi connectivity index (χ0v) is 15.0. The smallest absolute Gasteiger partial charge is 0.298 e. The van der Waals surface area contributed by atoms with Crippen molar-refractivity contribution < 1.29 is 9.21 Å². The second-order valence-electron chi connectivity index (χ2n) is 6.31. The largest absolute Gasteiger partial charge is 0.423 e. The lowest BCUT2D eigenvalue weighted by molar-refractivity contribution is -0.135. The number of anilines is 1. The van der Waals surface area contributed by atoms with Crippen molar-refractivity contribution in [1.82, 2.24) is 9.88 Å². The SMILES string of the molecule is O=C(C1CCN(c2nc3cc(Cl)ccc3o2)CC1)N1CCSCC1. The third-order valence-corrected chi connectivity index (χ3v) is 5.95. The highest BCUT2D eigenvalue weighted by atomic mass is 35.5. The minimum absolute atomic E-state index is 0.142. The van der Waals surface area contributed by atoms with Crippen LogP contribution in [0.3, 0.4) is 0 Å². The van der Waals surface area contributed by atoms with Crippen LogP contribution in [0, 0.1) is 5.92 Å². The van der Waals surface area contributed by atoms with Crippen LogP contribution in [0.2, 0.25) is 5.02 Å². The molecule has 128 valence electrons. The van der Waals surface area contributed by atoms with Gasteiger partial charge in [0.15, 0.2) is 5.58 Å². The lowest BCUT2D eigenvalue weighted by Gasteiger charge is -2.34. The topological polar surface area (TPSA) is 49.6 Å². The number of fused-ring (bicyclic) bond motifs is 1. The summed E-state index contributed by atoms with van der Waals surface area (Å²) in [6.45, 7) is 3.41. The van der Waals surface area contributed by atoms with E-state index in [4.69, 9.17) is 16.0 Å². The van der Waals surface area contributed by atoms with E-state index in [1.807, 2.05) is 28.8 Å². The highest BCUT2D eigenvalue weighted by Gasteiger charge is 2.30. The molecule has 7 heteroatoms. The summed E-state index contributed by atoms with van der Waals surface area (Å²) in [5.41, 5.74) is 1.53. The molecule has 0 N–H and O–H groups in total. The summed E-state index contributed by atoms with van der Waals surface area (Å²) in [6, 6.07) is 6.10. The number of nitrogens with zero attached hydrogens (tertiary/aromatic N) is 3. The average Bonchev–Trinajstić information content (AvgIpc) is 3.05. The number of hydrogen-bond acceptors (Lipinski definition) is 5. The van der Waals surface area contributed by atoms with E-state index < -0.39 is 0 Å². The monoisotopic (exact) mass is 365 g/mol. The van der Waals surface area contributed by atoms with E-state index in [2.05, 4.69) is 9.88 Å².